The van der Waals surface area contributed by atoms with E-state index in [2.05, 4.69) is 6.58 Å². The van der Waals surface area contributed by atoms with Gasteiger partial charge in [-0.05, 0) is 0 Å². The molecule has 0 aromatic rings. The summed E-state index contributed by atoms with van der Waals surface area (Å²) in [5, 5.41) is 0. The lowest BCUT2D eigenvalue weighted by atomic mass is 10.6. The normalized spacial score (nSPS) is 11.1. The van der Waals surface area contributed by atoms with Crippen LogP contribution in [-0.4, -0.2) is 119 Å². The van der Waals surface area contributed by atoms with E-state index in [0.717, 1.165) is 0 Å². The Hall–Kier alpha value is -0.850. The third kappa shape index (κ3) is 27.1. The van der Waals surface area contributed by atoms with E-state index in [0.29, 0.717) is 106 Å². The van der Waals surface area contributed by atoms with E-state index in [-0.39, 0.29) is 6.61 Å². The molecule has 0 heterocycles. The summed E-state index contributed by atoms with van der Waals surface area (Å²) < 4.78 is 59.0. The monoisotopic (exact) mass is 442 g/mol. The van der Waals surface area contributed by atoms with Crippen LogP contribution in [0.5, 0.6) is 0 Å². The Bertz CT molecular complexity index is 325. The lowest BCUT2D eigenvalue weighted by molar-refractivity contribution is -0.0241. The zero-order chi connectivity index (χ0) is 21.8. The Morgan fingerprint density at radius 3 is 0.867 bits per heavy atom. The summed E-state index contributed by atoms with van der Waals surface area (Å²) in [6.45, 7) is 11.1. The van der Waals surface area contributed by atoms with E-state index in [9.17, 15) is 4.39 Å². The molecule has 0 radical (unpaired) electrons. The topological polar surface area (TPSA) is 83.1 Å². The van der Waals surface area contributed by atoms with Crippen LogP contribution in [0, 0.1) is 0 Å². The SMILES string of the molecule is C=COCCOCCOCCOCCOCCOCCOCCOCCOCCF. The van der Waals surface area contributed by atoms with Gasteiger partial charge in [-0.25, -0.2) is 4.39 Å². The first-order valence-electron chi connectivity index (χ1n) is 10.3. The van der Waals surface area contributed by atoms with E-state index in [4.69, 9.17) is 42.6 Å². The van der Waals surface area contributed by atoms with Crippen LogP contribution in [0.25, 0.3) is 0 Å². The van der Waals surface area contributed by atoms with Crippen LogP contribution < -0.4 is 0 Å². The summed E-state index contributed by atoms with van der Waals surface area (Å²) in [6, 6.07) is 0. The fourth-order valence-electron chi connectivity index (χ4n) is 1.89. The zero-order valence-electron chi connectivity index (χ0n) is 18.1. The Balaban J connectivity index is 2.98. The van der Waals surface area contributed by atoms with Crippen LogP contribution in [-0.2, 0) is 42.6 Å². The number of ether oxygens (including phenoxy) is 9. The van der Waals surface area contributed by atoms with Gasteiger partial charge in [0.1, 0.15) is 13.3 Å². The van der Waals surface area contributed by atoms with E-state index in [1.54, 1.807) is 0 Å². The lowest BCUT2D eigenvalue weighted by Crippen LogP contribution is -2.15. The van der Waals surface area contributed by atoms with Crippen LogP contribution in [0.15, 0.2) is 12.8 Å². The summed E-state index contributed by atoms with van der Waals surface area (Å²) in [5.41, 5.74) is 0. The van der Waals surface area contributed by atoms with Crippen molar-refractivity contribution in [3.8, 4) is 0 Å². The third-order valence-corrected chi connectivity index (χ3v) is 3.29. The maximum atomic E-state index is 11.8. The maximum absolute atomic E-state index is 11.8. The fraction of sp³-hybridized carbons (Fsp3) is 0.900. The molecular formula is C20H39FO9. The molecule has 0 aliphatic heterocycles. The maximum Gasteiger partial charge on any atom is 0.113 e. The number of rotatable bonds is 27. The molecule has 0 saturated heterocycles. The van der Waals surface area contributed by atoms with Gasteiger partial charge in [0.25, 0.3) is 0 Å². The van der Waals surface area contributed by atoms with Gasteiger partial charge in [-0.1, -0.05) is 6.58 Å². The quantitative estimate of drug-likeness (QED) is 0.138. The minimum atomic E-state index is -0.470. The van der Waals surface area contributed by atoms with Crippen molar-refractivity contribution in [3.05, 3.63) is 12.8 Å². The molecule has 0 saturated carbocycles. The molecule has 0 spiro atoms. The molecular weight excluding hydrogens is 403 g/mol. The van der Waals surface area contributed by atoms with Gasteiger partial charge < -0.3 is 42.6 Å². The van der Waals surface area contributed by atoms with Gasteiger partial charge in [0.15, 0.2) is 0 Å². The van der Waals surface area contributed by atoms with Crippen LogP contribution in [0.2, 0.25) is 0 Å². The minimum Gasteiger partial charge on any atom is -0.499 e. The molecule has 0 amide bonds. The Labute approximate surface area is 179 Å². The van der Waals surface area contributed by atoms with Crippen molar-refractivity contribution in [3.63, 3.8) is 0 Å². The minimum absolute atomic E-state index is 0.119. The smallest absolute Gasteiger partial charge is 0.113 e. The van der Waals surface area contributed by atoms with Gasteiger partial charge in [0, 0.05) is 0 Å². The first-order valence-corrected chi connectivity index (χ1v) is 10.3. The highest BCUT2D eigenvalue weighted by Crippen LogP contribution is 1.86. The van der Waals surface area contributed by atoms with Crippen LogP contribution in [0.3, 0.4) is 0 Å². The lowest BCUT2D eigenvalue weighted by Gasteiger charge is -2.08. The van der Waals surface area contributed by atoms with Gasteiger partial charge >= 0.3 is 0 Å². The standard InChI is InChI=1S/C20H39FO9/c1-2-22-5-6-24-9-10-26-13-14-28-17-18-30-20-19-29-16-15-27-12-11-25-8-7-23-4-3-21/h2H,1,3-20H2. The molecule has 0 bridgehead atoms. The highest BCUT2D eigenvalue weighted by Gasteiger charge is 1.95. The average Bonchev–Trinajstić information content (AvgIpc) is 2.76. The predicted molar refractivity (Wildman–Crippen MR) is 109 cm³/mol. The zero-order valence-corrected chi connectivity index (χ0v) is 18.1. The van der Waals surface area contributed by atoms with Crippen molar-refractivity contribution in [2.75, 3.05) is 119 Å². The summed E-state index contributed by atoms with van der Waals surface area (Å²) >= 11 is 0. The molecule has 0 atom stereocenters. The highest BCUT2D eigenvalue weighted by atomic mass is 19.1. The van der Waals surface area contributed by atoms with E-state index < -0.39 is 6.67 Å². The van der Waals surface area contributed by atoms with Gasteiger partial charge in [-0.15, -0.1) is 0 Å². The molecule has 180 valence electrons. The van der Waals surface area contributed by atoms with Crippen molar-refractivity contribution < 1.29 is 47.0 Å². The molecule has 0 N–H and O–H groups in total. The number of alkyl halides is 1. The van der Waals surface area contributed by atoms with Crippen LogP contribution >= 0.6 is 0 Å². The van der Waals surface area contributed by atoms with E-state index in [1.165, 1.54) is 6.26 Å². The van der Waals surface area contributed by atoms with E-state index >= 15 is 0 Å². The summed E-state index contributed by atoms with van der Waals surface area (Å²) in [5.74, 6) is 0. The predicted octanol–water partition coefficient (Wildman–Crippen LogP) is 1.25. The Kier molecular flexibility index (Phi) is 27.4. The summed E-state index contributed by atoms with van der Waals surface area (Å²) in [7, 11) is 0. The molecule has 0 unspecified atom stereocenters. The van der Waals surface area contributed by atoms with Crippen molar-refractivity contribution in [1.29, 1.82) is 0 Å². The second kappa shape index (κ2) is 28.1. The van der Waals surface area contributed by atoms with Gasteiger partial charge in [0.2, 0.25) is 0 Å². The van der Waals surface area contributed by atoms with Gasteiger partial charge in [-0.3, -0.25) is 0 Å². The molecule has 0 aliphatic rings. The molecule has 0 aromatic carbocycles. The molecule has 0 aliphatic carbocycles. The van der Waals surface area contributed by atoms with Crippen LogP contribution in [0.4, 0.5) is 4.39 Å². The first kappa shape index (κ1) is 29.1. The summed E-state index contributed by atoms with van der Waals surface area (Å²) in [4.78, 5) is 0. The van der Waals surface area contributed by atoms with Crippen molar-refractivity contribution >= 4 is 0 Å². The summed E-state index contributed by atoms with van der Waals surface area (Å²) in [6.07, 6.45) is 1.39. The van der Waals surface area contributed by atoms with Crippen molar-refractivity contribution in [1.82, 2.24) is 0 Å². The number of halogens is 1. The third-order valence-electron chi connectivity index (χ3n) is 3.29. The van der Waals surface area contributed by atoms with Gasteiger partial charge in [0.05, 0.1) is 112 Å². The molecule has 10 heteroatoms. The molecule has 9 nitrogen and oxygen atoms in total. The molecule has 0 aromatic heterocycles. The van der Waals surface area contributed by atoms with Gasteiger partial charge in [-0.2, -0.15) is 0 Å². The van der Waals surface area contributed by atoms with Crippen LogP contribution in [0.1, 0.15) is 0 Å². The second-order valence-electron chi connectivity index (χ2n) is 5.63. The molecule has 0 fully saturated rings. The fourth-order valence-corrected chi connectivity index (χ4v) is 1.89. The highest BCUT2D eigenvalue weighted by molar-refractivity contribution is 4.47. The van der Waals surface area contributed by atoms with Crippen molar-refractivity contribution in [2.45, 2.75) is 0 Å². The first-order chi connectivity index (χ1) is 14.9. The number of hydrogen-bond donors (Lipinski definition) is 0. The molecule has 30 heavy (non-hydrogen) atoms. The van der Waals surface area contributed by atoms with Crippen molar-refractivity contribution in [2.24, 2.45) is 0 Å². The number of hydrogen-bond acceptors (Lipinski definition) is 9. The van der Waals surface area contributed by atoms with E-state index in [1.807, 2.05) is 0 Å². The largest absolute Gasteiger partial charge is 0.499 e. The Morgan fingerprint density at radius 1 is 0.400 bits per heavy atom. The second-order valence-corrected chi connectivity index (χ2v) is 5.63. The molecule has 0 rings (SSSR count). The Morgan fingerprint density at radius 2 is 0.633 bits per heavy atom. The average molecular weight is 443 g/mol.